The van der Waals surface area contributed by atoms with Gasteiger partial charge in [-0.15, -0.1) is 0 Å². The van der Waals surface area contributed by atoms with E-state index in [9.17, 15) is 4.79 Å². The lowest BCUT2D eigenvalue weighted by Gasteiger charge is -2.02. The van der Waals surface area contributed by atoms with Crippen molar-refractivity contribution in [1.82, 2.24) is 4.98 Å². The van der Waals surface area contributed by atoms with Gasteiger partial charge in [0.1, 0.15) is 0 Å². The molecule has 0 amide bonds. The van der Waals surface area contributed by atoms with E-state index in [1.807, 2.05) is 38.1 Å². The van der Waals surface area contributed by atoms with Gasteiger partial charge in [-0.3, -0.25) is 4.79 Å². The molecule has 2 aromatic rings. The van der Waals surface area contributed by atoms with Gasteiger partial charge in [0.2, 0.25) is 5.56 Å². The lowest BCUT2D eigenvalue weighted by atomic mass is 10.1. The van der Waals surface area contributed by atoms with E-state index in [4.69, 9.17) is 0 Å². The topological polar surface area (TPSA) is 32.9 Å². The Hall–Kier alpha value is -1.57. The van der Waals surface area contributed by atoms with E-state index < -0.39 is 0 Å². The summed E-state index contributed by atoms with van der Waals surface area (Å²) in [5, 5.41) is 1.10. The molecule has 1 N–H and O–H groups in total. The molecule has 0 radical (unpaired) electrons. The van der Waals surface area contributed by atoms with Gasteiger partial charge in [-0.25, -0.2) is 0 Å². The van der Waals surface area contributed by atoms with E-state index in [2.05, 4.69) is 11.9 Å². The summed E-state index contributed by atoms with van der Waals surface area (Å²) in [7, 11) is 0. The predicted octanol–water partition coefficient (Wildman–Crippen LogP) is 3.36. The largest absolute Gasteiger partial charge is 0.322 e. The van der Waals surface area contributed by atoms with Crippen molar-refractivity contribution in [2.45, 2.75) is 27.2 Å². The number of aryl methyl sites for hydroxylation is 1. The molecule has 15 heavy (non-hydrogen) atoms. The van der Waals surface area contributed by atoms with Gasteiger partial charge in [0.15, 0.2) is 0 Å². The Morgan fingerprint density at radius 1 is 1.20 bits per heavy atom. The number of hydrogen-bond donors (Lipinski definition) is 1. The Morgan fingerprint density at radius 2 is 1.93 bits per heavy atom. The Morgan fingerprint density at radius 3 is 2.60 bits per heavy atom. The van der Waals surface area contributed by atoms with Gasteiger partial charge in [-0.05, 0) is 23.4 Å². The number of aromatic amines is 1. The molecule has 0 aliphatic carbocycles. The van der Waals surface area contributed by atoms with Crippen LogP contribution in [-0.4, -0.2) is 4.98 Å². The molecule has 0 aliphatic heterocycles. The van der Waals surface area contributed by atoms with Crippen molar-refractivity contribution in [3.63, 3.8) is 0 Å². The zero-order valence-electron chi connectivity index (χ0n) is 9.50. The van der Waals surface area contributed by atoms with Gasteiger partial charge in [0, 0.05) is 7.49 Å². The first-order valence-corrected chi connectivity index (χ1v) is 5.42. The number of nitrogens with one attached hydrogen (secondary N) is 1. The van der Waals surface area contributed by atoms with Crippen molar-refractivity contribution in [2.75, 3.05) is 0 Å². The van der Waals surface area contributed by atoms with Crippen molar-refractivity contribution in [2.24, 2.45) is 0 Å². The van der Waals surface area contributed by atoms with Gasteiger partial charge in [0.05, 0.1) is 5.52 Å². The monoisotopic (exact) mass is 205 g/mol. The van der Waals surface area contributed by atoms with Gasteiger partial charge >= 0.3 is 0 Å². The summed E-state index contributed by atoms with van der Waals surface area (Å²) in [5.41, 5.74) is 2.13. The van der Waals surface area contributed by atoms with Gasteiger partial charge in [0.25, 0.3) is 0 Å². The molecule has 2 heteroatoms. The summed E-state index contributed by atoms with van der Waals surface area (Å²) in [6.07, 6.45) is 0.942. The van der Waals surface area contributed by atoms with Crippen molar-refractivity contribution in [3.05, 3.63) is 46.2 Å². The first-order valence-electron chi connectivity index (χ1n) is 5.42. The number of aromatic nitrogens is 1. The highest BCUT2D eigenvalue weighted by molar-refractivity contribution is 5.81. The second kappa shape index (κ2) is 5.35. The van der Waals surface area contributed by atoms with E-state index in [-0.39, 0.29) is 6.99 Å². The third kappa shape index (κ3) is 2.46. The fraction of sp³-hybridized carbons (Fsp3) is 0.308. The zero-order chi connectivity index (χ0) is 11.3. The van der Waals surface area contributed by atoms with Crippen LogP contribution in [0.3, 0.4) is 0 Å². The highest BCUT2D eigenvalue weighted by Crippen LogP contribution is 2.14. The SMILES string of the molecule is CC.CCc1cccc2ccc(=O)[nH]c12.[HH]. The third-order valence-corrected chi connectivity index (χ3v) is 2.23. The number of fused-ring (bicyclic) bond motifs is 1. The lowest BCUT2D eigenvalue weighted by Crippen LogP contribution is -2.03. The standard InChI is InChI=1S/C11H11NO.C2H6.H2/c1-2-8-4-3-5-9-6-7-10(13)12-11(8)9;1-2;/h3-7H,2H2,1H3,(H,12,13);1-2H3;1H. The van der Waals surface area contributed by atoms with E-state index in [1.165, 1.54) is 5.56 Å². The van der Waals surface area contributed by atoms with Crippen LogP contribution >= 0.6 is 0 Å². The summed E-state index contributed by atoms with van der Waals surface area (Å²) < 4.78 is 0. The van der Waals surface area contributed by atoms with E-state index in [0.717, 1.165) is 17.3 Å². The molecule has 2 nitrogen and oxygen atoms in total. The van der Waals surface area contributed by atoms with Crippen LogP contribution < -0.4 is 5.56 Å². The predicted molar refractivity (Wildman–Crippen MR) is 67.4 cm³/mol. The Bertz CT molecular complexity index is 491. The smallest absolute Gasteiger partial charge is 0.248 e. The van der Waals surface area contributed by atoms with Crippen molar-refractivity contribution < 1.29 is 1.43 Å². The molecule has 0 unspecified atom stereocenters. The van der Waals surface area contributed by atoms with E-state index in [1.54, 1.807) is 6.07 Å². The second-order valence-corrected chi connectivity index (χ2v) is 3.06. The van der Waals surface area contributed by atoms with Crippen LogP contribution in [0.5, 0.6) is 0 Å². The van der Waals surface area contributed by atoms with Crippen LogP contribution in [-0.2, 0) is 6.42 Å². The van der Waals surface area contributed by atoms with Crippen LogP contribution in [0.15, 0.2) is 35.1 Å². The highest BCUT2D eigenvalue weighted by Gasteiger charge is 1.98. The maximum absolute atomic E-state index is 11.1. The van der Waals surface area contributed by atoms with Crippen molar-refractivity contribution >= 4 is 10.9 Å². The average molecular weight is 205 g/mol. The normalized spacial score (nSPS) is 9.53. The fourth-order valence-electron chi connectivity index (χ4n) is 1.54. The molecular formula is C13H19NO. The molecule has 0 fully saturated rings. The average Bonchev–Trinajstić information content (AvgIpc) is 2.31. The number of hydrogen-bond acceptors (Lipinski definition) is 1. The fourth-order valence-corrected chi connectivity index (χ4v) is 1.54. The number of para-hydroxylation sites is 1. The van der Waals surface area contributed by atoms with Crippen molar-refractivity contribution in [1.29, 1.82) is 0 Å². The first kappa shape index (κ1) is 11.5. The lowest BCUT2D eigenvalue weighted by molar-refractivity contribution is 1.14. The van der Waals surface area contributed by atoms with E-state index >= 15 is 0 Å². The minimum atomic E-state index is -0.0339. The highest BCUT2D eigenvalue weighted by atomic mass is 16.1. The molecule has 1 aromatic heterocycles. The van der Waals surface area contributed by atoms with E-state index in [0.29, 0.717) is 0 Å². The summed E-state index contributed by atoms with van der Waals surface area (Å²) >= 11 is 0. The third-order valence-electron chi connectivity index (χ3n) is 2.23. The minimum absolute atomic E-state index is 0. The molecule has 2 rings (SSSR count). The maximum atomic E-state index is 11.1. The minimum Gasteiger partial charge on any atom is -0.322 e. The van der Waals surface area contributed by atoms with Crippen LogP contribution in [0.4, 0.5) is 0 Å². The van der Waals surface area contributed by atoms with Gasteiger partial charge in [-0.2, -0.15) is 0 Å². The molecule has 0 aliphatic rings. The van der Waals surface area contributed by atoms with Crippen LogP contribution in [0.1, 0.15) is 27.8 Å². The summed E-state index contributed by atoms with van der Waals surface area (Å²) in [5.74, 6) is 0. The molecule has 82 valence electrons. The quantitative estimate of drug-likeness (QED) is 0.760. The Kier molecular flexibility index (Phi) is 4.10. The zero-order valence-corrected chi connectivity index (χ0v) is 9.50. The molecule has 0 saturated carbocycles. The number of benzene rings is 1. The molecule has 0 bridgehead atoms. The van der Waals surface area contributed by atoms with Crippen LogP contribution in [0.2, 0.25) is 0 Å². The summed E-state index contributed by atoms with van der Waals surface area (Å²) in [6.45, 7) is 6.08. The second-order valence-electron chi connectivity index (χ2n) is 3.06. The van der Waals surface area contributed by atoms with Gasteiger partial charge in [-0.1, -0.05) is 39.0 Å². The van der Waals surface area contributed by atoms with Crippen molar-refractivity contribution in [3.8, 4) is 0 Å². The Labute approximate surface area is 91.4 Å². The number of H-pyrrole nitrogens is 1. The first-order chi connectivity index (χ1) is 7.31. The number of rotatable bonds is 1. The molecule has 0 spiro atoms. The molecule has 0 atom stereocenters. The molecule has 1 heterocycles. The molecular weight excluding hydrogens is 186 g/mol. The van der Waals surface area contributed by atoms with Crippen LogP contribution in [0.25, 0.3) is 10.9 Å². The maximum Gasteiger partial charge on any atom is 0.248 e. The summed E-state index contributed by atoms with van der Waals surface area (Å²) in [6, 6.07) is 9.47. The Balaban J connectivity index is 0.000000711. The summed E-state index contributed by atoms with van der Waals surface area (Å²) in [4.78, 5) is 13.9. The molecule has 0 saturated heterocycles. The van der Waals surface area contributed by atoms with Crippen LogP contribution in [0, 0.1) is 0 Å². The van der Waals surface area contributed by atoms with Gasteiger partial charge < -0.3 is 4.98 Å². The molecule has 1 aromatic carbocycles. The number of pyridine rings is 1.